The molecule has 0 radical (unpaired) electrons. The van der Waals surface area contributed by atoms with Gasteiger partial charge in [0.1, 0.15) is 0 Å². The van der Waals surface area contributed by atoms with Crippen molar-refractivity contribution in [3.05, 3.63) is 59.7 Å². The first-order chi connectivity index (χ1) is 16.6. The predicted molar refractivity (Wildman–Crippen MR) is 143 cm³/mol. The molecule has 1 saturated heterocycles. The molecule has 1 heterocycles. The fourth-order valence-electron chi connectivity index (χ4n) is 5.88. The third-order valence-electron chi connectivity index (χ3n) is 7.71. The Labute approximate surface area is 210 Å². The topological polar surface area (TPSA) is 45.8 Å². The molecule has 1 saturated carbocycles. The van der Waals surface area contributed by atoms with Crippen LogP contribution in [0.1, 0.15) is 56.6 Å². The highest BCUT2D eigenvalue weighted by Gasteiger charge is 2.51. The molecule has 2 N–H and O–H groups in total. The van der Waals surface area contributed by atoms with Crippen LogP contribution in [0, 0.1) is 0 Å². The molecule has 6 heteroatoms. The average Bonchev–Trinajstić information content (AvgIpc) is 3.23. The molecule has 34 heavy (non-hydrogen) atoms. The van der Waals surface area contributed by atoms with Crippen LogP contribution in [0.2, 0.25) is 0 Å². The van der Waals surface area contributed by atoms with Gasteiger partial charge in [-0.15, -0.1) is 0 Å². The van der Waals surface area contributed by atoms with Gasteiger partial charge in [0.2, 0.25) is 0 Å². The van der Waals surface area contributed by atoms with Gasteiger partial charge in [-0.2, -0.15) is 0 Å². The Kier molecular flexibility index (Phi) is 8.32. The van der Waals surface area contributed by atoms with E-state index < -0.39 is 0 Å². The number of likely N-dealkylation sites (tertiary alicyclic amines) is 1. The van der Waals surface area contributed by atoms with E-state index in [0.29, 0.717) is 12.1 Å². The zero-order valence-corrected chi connectivity index (χ0v) is 21.6. The molecule has 0 spiro atoms. The van der Waals surface area contributed by atoms with Crippen LogP contribution in [0.4, 0.5) is 0 Å². The highest BCUT2D eigenvalue weighted by Crippen LogP contribution is 2.50. The number of fused-ring (bicyclic) bond motifs is 1. The summed E-state index contributed by atoms with van der Waals surface area (Å²) in [6.45, 7) is 5.22. The molecule has 3 atom stereocenters. The van der Waals surface area contributed by atoms with E-state index in [1.54, 1.807) is 14.2 Å². The van der Waals surface area contributed by atoms with Crippen molar-refractivity contribution in [2.75, 3.05) is 27.3 Å². The first-order valence-corrected chi connectivity index (χ1v) is 13.0. The van der Waals surface area contributed by atoms with Crippen molar-refractivity contribution >= 4 is 17.3 Å². The summed E-state index contributed by atoms with van der Waals surface area (Å²) >= 11 is 5.62. The molecule has 1 aliphatic heterocycles. The summed E-state index contributed by atoms with van der Waals surface area (Å²) in [6, 6.07) is 18.2. The Bertz CT molecular complexity index is 954. The third-order valence-corrected chi connectivity index (χ3v) is 7.97. The van der Waals surface area contributed by atoms with Crippen LogP contribution in [0.5, 0.6) is 11.5 Å². The Balaban J connectivity index is 1.57. The highest BCUT2D eigenvalue weighted by molar-refractivity contribution is 7.80. The number of ether oxygens (including phenoxy) is 2. The van der Waals surface area contributed by atoms with Crippen LogP contribution < -0.4 is 20.1 Å². The van der Waals surface area contributed by atoms with Gasteiger partial charge in [0.25, 0.3) is 0 Å². The number of thiocarbonyl (C=S) groups is 1. The summed E-state index contributed by atoms with van der Waals surface area (Å²) in [5.41, 5.74) is 2.86. The molecule has 2 fully saturated rings. The van der Waals surface area contributed by atoms with Gasteiger partial charge in [-0.25, -0.2) is 0 Å². The Morgan fingerprint density at radius 2 is 1.88 bits per heavy atom. The van der Waals surface area contributed by atoms with E-state index in [9.17, 15) is 0 Å². The molecule has 5 nitrogen and oxygen atoms in total. The van der Waals surface area contributed by atoms with Crippen molar-refractivity contribution in [2.45, 2.75) is 69.5 Å². The molecule has 0 unspecified atom stereocenters. The normalized spacial score (nSPS) is 24.3. The maximum absolute atomic E-state index is 5.68. The molecule has 2 aliphatic rings. The van der Waals surface area contributed by atoms with Crippen molar-refractivity contribution in [1.82, 2.24) is 15.5 Å². The Hall–Kier alpha value is -2.31. The van der Waals surface area contributed by atoms with E-state index in [1.165, 1.54) is 17.5 Å². The van der Waals surface area contributed by atoms with Crippen LogP contribution in [-0.4, -0.2) is 49.4 Å². The lowest BCUT2D eigenvalue weighted by molar-refractivity contribution is 0.134. The van der Waals surface area contributed by atoms with Gasteiger partial charge < -0.3 is 20.1 Å². The van der Waals surface area contributed by atoms with Crippen LogP contribution in [0.15, 0.2) is 48.5 Å². The summed E-state index contributed by atoms with van der Waals surface area (Å²) in [5, 5.41) is 7.82. The zero-order chi connectivity index (χ0) is 24.0. The van der Waals surface area contributed by atoms with E-state index >= 15 is 0 Å². The summed E-state index contributed by atoms with van der Waals surface area (Å²) in [7, 11) is 3.42. The highest BCUT2D eigenvalue weighted by atomic mass is 32.1. The number of benzene rings is 2. The fourth-order valence-corrected chi connectivity index (χ4v) is 6.15. The van der Waals surface area contributed by atoms with Crippen molar-refractivity contribution in [3.63, 3.8) is 0 Å². The standard InChI is InChI=1S/C28H39N3O2S/c1-4-5-16-29-27(34)30-23-13-14-28(22-11-12-24(32-2)25(18-22)33-3)15-17-31(26(28)19-23)20-21-9-7-6-8-10-21/h6-12,18,23,26H,4-5,13-17,19-20H2,1-3H3,(H2,29,30,34)/t23-,26-,28-/m0/s1. The quantitative estimate of drug-likeness (QED) is 0.387. The van der Waals surface area contributed by atoms with Crippen molar-refractivity contribution in [2.24, 2.45) is 0 Å². The Morgan fingerprint density at radius 1 is 1.09 bits per heavy atom. The number of methoxy groups -OCH3 is 2. The molecule has 2 aromatic carbocycles. The largest absolute Gasteiger partial charge is 0.493 e. The lowest BCUT2D eigenvalue weighted by atomic mass is 9.65. The molecule has 184 valence electrons. The molecule has 0 bridgehead atoms. The van der Waals surface area contributed by atoms with Crippen LogP contribution in [0.25, 0.3) is 0 Å². The van der Waals surface area contributed by atoms with Crippen molar-refractivity contribution < 1.29 is 9.47 Å². The number of nitrogens with one attached hydrogen (secondary N) is 2. The minimum Gasteiger partial charge on any atom is -0.493 e. The van der Waals surface area contributed by atoms with Gasteiger partial charge in [-0.1, -0.05) is 49.7 Å². The van der Waals surface area contributed by atoms with Gasteiger partial charge in [-0.05, 0) is 74.1 Å². The van der Waals surface area contributed by atoms with Crippen LogP contribution in [0.3, 0.4) is 0 Å². The second kappa shape index (κ2) is 11.4. The van der Waals surface area contributed by atoms with E-state index in [0.717, 1.165) is 68.3 Å². The van der Waals surface area contributed by atoms with Gasteiger partial charge in [0.05, 0.1) is 14.2 Å². The summed E-state index contributed by atoms with van der Waals surface area (Å²) < 4.78 is 11.2. The summed E-state index contributed by atoms with van der Waals surface area (Å²) in [4.78, 5) is 2.69. The lowest BCUT2D eigenvalue weighted by Crippen LogP contribution is -2.53. The number of rotatable bonds is 9. The van der Waals surface area contributed by atoms with Crippen LogP contribution in [-0.2, 0) is 12.0 Å². The number of unbranched alkanes of at least 4 members (excludes halogenated alkanes) is 1. The van der Waals surface area contributed by atoms with E-state index in [2.05, 4.69) is 71.0 Å². The van der Waals surface area contributed by atoms with Gasteiger partial charge in [0.15, 0.2) is 16.6 Å². The summed E-state index contributed by atoms with van der Waals surface area (Å²) in [6.07, 6.45) is 6.79. The molecule has 0 aromatic heterocycles. The Morgan fingerprint density at radius 3 is 2.62 bits per heavy atom. The maximum atomic E-state index is 5.68. The summed E-state index contributed by atoms with van der Waals surface area (Å²) in [5.74, 6) is 1.60. The molecular weight excluding hydrogens is 442 g/mol. The molecule has 0 amide bonds. The minimum atomic E-state index is 0.115. The SMILES string of the molecule is CCCCNC(=S)N[C@H]1CC[C@@]2(c3ccc(OC)c(OC)c3)CCN(Cc3ccccc3)[C@H]2C1. The minimum absolute atomic E-state index is 0.115. The first-order valence-electron chi connectivity index (χ1n) is 12.6. The number of hydrogen-bond donors (Lipinski definition) is 2. The first kappa shape index (κ1) is 24.8. The van der Waals surface area contributed by atoms with Gasteiger partial charge >= 0.3 is 0 Å². The van der Waals surface area contributed by atoms with E-state index in [4.69, 9.17) is 21.7 Å². The monoisotopic (exact) mass is 481 g/mol. The van der Waals surface area contributed by atoms with E-state index in [1.807, 2.05) is 0 Å². The number of nitrogens with zero attached hydrogens (tertiary/aromatic N) is 1. The van der Waals surface area contributed by atoms with Crippen molar-refractivity contribution in [1.29, 1.82) is 0 Å². The molecular formula is C28H39N3O2S. The second-order valence-electron chi connectivity index (χ2n) is 9.67. The predicted octanol–water partition coefficient (Wildman–Crippen LogP) is 5.03. The third kappa shape index (κ3) is 5.33. The fraction of sp³-hybridized carbons (Fsp3) is 0.536. The molecule has 2 aromatic rings. The maximum Gasteiger partial charge on any atom is 0.166 e. The second-order valence-corrected chi connectivity index (χ2v) is 10.1. The zero-order valence-electron chi connectivity index (χ0n) is 20.8. The average molecular weight is 482 g/mol. The van der Waals surface area contributed by atoms with Gasteiger partial charge in [0, 0.05) is 30.6 Å². The van der Waals surface area contributed by atoms with Gasteiger partial charge in [-0.3, -0.25) is 4.90 Å². The lowest BCUT2D eigenvalue weighted by Gasteiger charge is -2.46. The molecule has 1 aliphatic carbocycles. The van der Waals surface area contributed by atoms with Crippen LogP contribution >= 0.6 is 12.2 Å². The molecule has 4 rings (SSSR count). The van der Waals surface area contributed by atoms with Crippen molar-refractivity contribution in [3.8, 4) is 11.5 Å². The smallest absolute Gasteiger partial charge is 0.166 e. The van der Waals surface area contributed by atoms with E-state index in [-0.39, 0.29) is 5.41 Å². The number of hydrogen-bond acceptors (Lipinski definition) is 4.